The zero-order chi connectivity index (χ0) is 22.8. The number of carbonyl (C=O) groups is 4. The Balaban J connectivity index is 2.05. The Morgan fingerprint density at radius 1 is 1.10 bits per heavy atom. The van der Waals surface area contributed by atoms with Crippen LogP contribution in [0.4, 0.5) is 4.79 Å². The minimum Gasteiger partial charge on any atom is -0.341 e. The molecule has 0 bridgehead atoms. The highest BCUT2D eigenvalue weighted by molar-refractivity contribution is 5.93. The number of hydrogen-bond donors (Lipinski definition) is 2. The van der Waals surface area contributed by atoms with Gasteiger partial charge in [0.2, 0.25) is 11.8 Å². The summed E-state index contributed by atoms with van der Waals surface area (Å²) < 4.78 is 0. The topological polar surface area (TPSA) is 98.8 Å². The van der Waals surface area contributed by atoms with Crippen LogP contribution in [0.5, 0.6) is 0 Å². The summed E-state index contributed by atoms with van der Waals surface area (Å²) >= 11 is 0. The summed E-state index contributed by atoms with van der Waals surface area (Å²) in [6, 6.07) is -1.54. The lowest BCUT2D eigenvalue weighted by atomic mass is 9.84. The van der Waals surface area contributed by atoms with E-state index in [2.05, 4.69) is 24.5 Å². The minimum atomic E-state index is -0.804. The van der Waals surface area contributed by atoms with Crippen molar-refractivity contribution in [2.24, 2.45) is 17.3 Å². The van der Waals surface area contributed by atoms with Gasteiger partial charge in [0.05, 0.1) is 12.6 Å². The predicted octanol–water partition coefficient (Wildman–Crippen LogP) is 1.78. The number of ketones is 1. The molecule has 3 atom stereocenters. The van der Waals surface area contributed by atoms with Crippen LogP contribution in [0, 0.1) is 17.3 Å². The quantitative estimate of drug-likeness (QED) is 0.653. The largest absolute Gasteiger partial charge is 0.341 e. The molecule has 1 saturated heterocycles. The van der Waals surface area contributed by atoms with E-state index in [9.17, 15) is 19.2 Å². The highest BCUT2D eigenvalue weighted by Gasteiger charge is 2.45. The van der Waals surface area contributed by atoms with E-state index >= 15 is 0 Å². The predicted molar refractivity (Wildman–Crippen MR) is 115 cm³/mol. The van der Waals surface area contributed by atoms with Gasteiger partial charge in [-0.3, -0.25) is 14.4 Å². The van der Waals surface area contributed by atoms with Crippen LogP contribution in [0.3, 0.4) is 0 Å². The Morgan fingerprint density at radius 2 is 1.70 bits per heavy atom. The van der Waals surface area contributed by atoms with Crippen molar-refractivity contribution in [3.8, 4) is 0 Å². The summed E-state index contributed by atoms with van der Waals surface area (Å²) in [7, 11) is 1.74. The van der Waals surface area contributed by atoms with Crippen LogP contribution < -0.4 is 10.6 Å². The molecule has 0 aromatic rings. The fourth-order valence-electron chi connectivity index (χ4n) is 4.23. The van der Waals surface area contributed by atoms with Crippen LogP contribution in [0.1, 0.15) is 60.8 Å². The molecule has 0 spiro atoms. The Bertz CT molecular complexity index is 681. The van der Waals surface area contributed by atoms with Gasteiger partial charge in [-0.2, -0.15) is 0 Å². The van der Waals surface area contributed by atoms with Crippen molar-refractivity contribution in [2.45, 2.75) is 78.9 Å². The number of likely N-dealkylation sites (tertiary alicyclic amines) is 1. The van der Waals surface area contributed by atoms with Crippen LogP contribution in [-0.2, 0) is 14.4 Å². The molecule has 0 radical (unpaired) electrons. The Kier molecular flexibility index (Phi) is 7.53. The second-order valence-corrected chi connectivity index (χ2v) is 10.1. The van der Waals surface area contributed by atoms with E-state index in [0.29, 0.717) is 6.54 Å². The lowest BCUT2D eigenvalue weighted by molar-refractivity contribution is -0.141. The number of nitrogens with one attached hydrogen (secondary N) is 2. The molecule has 2 unspecified atom stereocenters. The highest BCUT2D eigenvalue weighted by atomic mass is 16.2. The van der Waals surface area contributed by atoms with Crippen LogP contribution in [0.25, 0.3) is 0 Å². The number of likely N-dealkylation sites (N-methyl/N-ethyl adjacent to an activating group) is 1. The zero-order valence-electron chi connectivity index (χ0n) is 19.4. The summed E-state index contributed by atoms with van der Waals surface area (Å²) in [5.74, 6) is -0.0120. The fourth-order valence-corrected chi connectivity index (χ4v) is 4.23. The first kappa shape index (κ1) is 24.2. The van der Waals surface area contributed by atoms with E-state index in [-0.39, 0.29) is 42.0 Å². The number of Topliss-reactive ketones (excluding diaryl/α,β-unsaturated/α-hetero) is 1. The first-order valence-electron chi connectivity index (χ1n) is 11.0. The molecule has 1 heterocycles. The minimum absolute atomic E-state index is 0.0228. The standard InChI is InChI=1S/C22H38N4O4/c1-13(2)16-10-11-26(18(16)14(3)27)20(29)19(22(4,5)6)24-21(30)23-12-17(28)25(7)15-8-9-15/h13,15-16,18-19H,8-12H2,1-7H3,(H2,23,24,30)/t16-,18?,19?/m1/s1. The van der Waals surface area contributed by atoms with Gasteiger partial charge in [-0.25, -0.2) is 4.79 Å². The smallest absolute Gasteiger partial charge is 0.315 e. The summed E-state index contributed by atoms with van der Waals surface area (Å²) in [5, 5.41) is 5.33. The van der Waals surface area contributed by atoms with E-state index in [0.717, 1.165) is 19.3 Å². The molecule has 4 amide bonds. The SMILES string of the molecule is CC(=O)C1[C@@H](C(C)C)CCN1C(=O)C(NC(=O)NCC(=O)N(C)C1CC1)C(C)(C)C. The van der Waals surface area contributed by atoms with Crippen molar-refractivity contribution >= 4 is 23.6 Å². The molecule has 1 aliphatic carbocycles. The molecule has 1 saturated carbocycles. The summed E-state index contributed by atoms with van der Waals surface area (Å²) in [5.41, 5.74) is -0.555. The lowest BCUT2D eigenvalue weighted by Gasteiger charge is -2.36. The van der Waals surface area contributed by atoms with Gasteiger partial charge in [-0.15, -0.1) is 0 Å². The molecular formula is C22H38N4O4. The number of rotatable bonds is 7. The normalized spacial score (nSPS) is 22.6. The van der Waals surface area contributed by atoms with Crippen molar-refractivity contribution in [3.63, 3.8) is 0 Å². The molecule has 2 fully saturated rings. The third-order valence-electron chi connectivity index (χ3n) is 6.28. The van der Waals surface area contributed by atoms with E-state index < -0.39 is 23.5 Å². The van der Waals surface area contributed by atoms with Gasteiger partial charge in [0, 0.05) is 19.6 Å². The Hall–Kier alpha value is -2.12. The van der Waals surface area contributed by atoms with Gasteiger partial charge < -0.3 is 20.4 Å². The summed E-state index contributed by atoms with van der Waals surface area (Å²) in [4.78, 5) is 53.7. The zero-order valence-corrected chi connectivity index (χ0v) is 19.4. The molecule has 2 rings (SSSR count). The highest BCUT2D eigenvalue weighted by Crippen LogP contribution is 2.33. The van der Waals surface area contributed by atoms with Crippen LogP contribution >= 0.6 is 0 Å². The number of carbonyl (C=O) groups excluding carboxylic acids is 4. The number of amides is 4. The second kappa shape index (κ2) is 9.35. The molecule has 8 nitrogen and oxygen atoms in total. The second-order valence-electron chi connectivity index (χ2n) is 10.1. The molecule has 2 N–H and O–H groups in total. The average molecular weight is 423 g/mol. The van der Waals surface area contributed by atoms with Gasteiger partial charge in [0.1, 0.15) is 6.04 Å². The summed E-state index contributed by atoms with van der Waals surface area (Å²) in [6.07, 6.45) is 2.78. The van der Waals surface area contributed by atoms with Crippen molar-refractivity contribution < 1.29 is 19.2 Å². The fraction of sp³-hybridized carbons (Fsp3) is 0.818. The third-order valence-corrected chi connectivity index (χ3v) is 6.28. The van der Waals surface area contributed by atoms with Gasteiger partial charge in [-0.05, 0) is 43.4 Å². The molecule has 0 aromatic heterocycles. The van der Waals surface area contributed by atoms with Crippen molar-refractivity contribution in [2.75, 3.05) is 20.1 Å². The molecule has 170 valence electrons. The number of urea groups is 1. The van der Waals surface area contributed by atoms with Gasteiger partial charge in [0.25, 0.3) is 0 Å². The van der Waals surface area contributed by atoms with Crippen molar-refractivity contribution in [3.05, 3.63) is 0 Å². The van der Waals surface area contributed by atoms with Gasteiger partial charge in [0.15, 0.2) is 5.78 Å². The van der Waals surface area contributed by atoms with E-state index in [1.165, 1.54) is 6.92 Å². The van der Waals surface area contributed by atoms with Gasteiger partial charge in [-0.1, -0.05) is 34.6 Å². The van der Waals surface area contributed by atoms with Gasteiger partial charge >= 0.3 is 6.03 Å². The van der Waals surface area contributed by atoms with Crippen LogP contribution in [-0.4, -0.2) is 71.7 Å². The molecular weight excluding hydrogens is 384 g/mol. The van der Waals surface area contributed by atoms with Crippen LogP contribution in [0.2, 0.25) is 0 Å². The van der Waals surface area contributed by atoms with Crippen molar-refractivity contribution in [1.29, 1.82) is 0 Å². The third kappa shape index (κ3) is 5.73. The van der Waals surface area contributed by atoms with E-state index in [1.807, 2.05) is 20.8 Å². The Labute approximate surface area is 180 Å². The summed E-state index contributed by atoms with van der Waals surface area (Å²) in [6.45, 7) is 11.7. The average Bonchev–Trinajstić information content (AvgIpc) is 3.38. The Morgan fingerprint density at radius 3 is 2.17 bits per heavy atom. The van der Waals surface area contributed by atoms with E-state index in [1.54, 1.807) is 16.8 Å². The number of hydrogen-bond acceptors (Lipinski definition) is 4. The number of nitrogens with zero attached hydrogens (tertiary/aromatic N) is 2. The molecule has 2 aliphatic rings. The monoisotopic (exact) mass is 422 g/mol. The first-order valence-corrected chi connectivity index (χ1v) is 11.0. The first-order chi connectivity index (χ1) is 13.8. The van der Waals surface area contributed by atoms with Crippen molar-refractivity contribution in [1.82, 2.24) is 20.4 Å². The maximum Gasteiger partial charge on any atom is 0.315 e. The maximum absolute atomic E-state index is 13.4. The van der Waals surface area contributed by atoms with E-state index in [4.69, 9.17) is 0 Å². The molecule has 1 aliphatic heterocycles. The molecule has 30 heavy (non-hydrogen) atoms. The maximum atomic E-state index is 13.4. The lowest BCUT2D eigenvalue weighted by Crippen LogP contribution is -2.59. The van der Waals surface area contributed by atoms with Crippen LogP contribution in [0.15, 0.2) is 0 Å². The molecule has 8 heteroatoms. The molecule has 0 aromatic carbocycles.